The van der Waals surface area contributed by atoms with Crippen molar-refractivity contribution in [3.8, 4) is 0 Å². The molecule has 5 heteroatoms. The van der Waals surface area contributed by atoms with Crippen molar-refractivity contribution < 1.29 is 9.90 Å². The summed E-state index contributed by atoms with van der Waals surface area (Å²) < 4.78 is 0. The second-order valence-corrected chi connectivity index (χ2v) is 6.68. The van der Waals surface area contributed by atoms with Gasteiger partial charge in [0.2, 0.25) is 5.91 Å². The highest BCUT2D eigenvalue weighted by molar-refractivity contribution is 5.78. The highest BCUT2D eigenvalue weighted by Gasteiger charge is 2.21. The Hall–Kier alpha value is -0.650. The molecule has 2 aliphatic rings. The zero-order valence-corrected chi connectivity index (χ0v) is 13.4. The van der Waals surface area contributed by atoms with Crippen LogP contribution in [0.5, 0.6) is 0 Å². The lowest BCUT2D eigenvalue weighted by Crippen LogP contribution is -2.51. The topological polar surface area (TPSA) is 55.8 Å². The molecular weight excluding hydrogens is 266 g/mol. The summed E-state index contributed by atoms with van der Waals surface area (Å²) in [4.78, 5) is 16.6. The number of nitrogens with one attached hydrogen (secondary N) is 1. The second-order valence-electron chi connectivity index (χ2n) is 6.68. The lowest BCUT2D eigenvalue weighted by atomic mass is 10.1. The maximum atomic E-state index is 12.1. The number of amides is 1. The Morgan fingerprint density at radius 3 is 2.24 bits per heavy atom. The third-order valence-corrected chi connectivity index (χ3v) is 4.57. The van der Waals surface area contributed by atoms with Gasteiger partial charge >= 0.3 is 0 Å². The molecule has 0 radical (unpaired) electrons. The molecule has 21 heavy (non-hydrogen) atoms. The van der Waals surface area contributed by atoms with Crippen molar-refractivity contribution in [3.05, 3.63) is 0 Å². The first kappa shape index (κ1) is 16.7. The summed E-state index contributed by atoms with van der Waals surface area (Å²) in [5.74, 6) is 0.186. The number of aliphatic hydroxyl groups excluding tert-OH is 1. The van der Waals surface area contributed by atoms with Crippen LogP contribution in [-0.2, 0) is 4.79 Å². The van der Waals surface area contributed by atoms with Crippen molar-refractivity contribution in [3.63, 3.8) is 0 Å². The van der Waals surface area contributed by atoms with E-state index in [4.69, 9.17) is 0 Å². The van der Waals surface area contributed by atoms with E-state index in [-0.39, 0.29) is 12.0 Å². The van der Waals surface area contributed by atoms with Crippen molar-refractivity contribution in [1.29, 1.82) is 0 Å². The van der Waals surface area contributed by atoms with Crippen LogP contribution in [0, 0.1) is 0 Å². The first-order valence-electron chi connectivity index (χ1n) is 8.55. The van der Waals surface area contributed by atoms with E-state index < -0.39 is 0 Å². The molecule has 1 heterocycles. The van der Waals surface area contributed by atoms with E-state index in [1.165, 1.54) is 25.7 Å². The van der Waals surface area contributed by atoms with Gasteiger partial charge in [-0.15, -0.1) is 0 Å². The first-order valence-corrected chi connectivity index (χ1v) is 8.55. The standard InChI is InChI=1S/C16H31N3O2/c1-14(20)12-18-8-10-19(11-9-18)13-16(21)17-15-6-4-2-3-5-7-15/h14-15,20H,2-13H2,1H3,(H,17,21)/t14-/m0/s1. The molecule has 1 aliphatic carbocycles. The Kier molecular flexibility index (Phi) is 6.93. The molecule has 2 fully saturated rings. The van der Waals surface area contributed by atoms with Crippen molar-refractivity contribution in [1.82, 2.24) is 15.1 Å². The summed E-state index contributed by atoms with van der Waals surface area (Å²) >= 11 is 0. The largest absolute Gasteiger partial charge is 0.392 e. The molecule has 1 aliphatic heterocycles. The van der Waals surface area contributed by atoms with Crippen LogP contribution in [-0.4, -0.2) is 72.2 Å². The van der Waals surface area contributed by atoms with Crippen LogP contribution in [0.25, 0.3) is 0 Å². The maximum absolute atomic E-state index is 12.1. The molecule has 2 rings (SSSR count). The average Bonchev–Trinajstić information content (AvgIpc) is 2.69. The van der Waals surface area contributed by atoms with E-state index in [0.29, 0.717) is 12.6 Å². The fraction of sp³-hybridized carbons (Fsp3) is 0.938. The first-order chi connectivity index (χ1) is 10.1. The summed E-state index contributed by atoms with van der Waals surface area (Å²) in [6.45, 7) is 6.83. The van der Waals surface area contributed by atoms with E-state index in [9.17, 15) is 9.90 Å². The van der Waals surface area contributed by atoms with Crippen LogP contribution < -0.4 is 5.32 Å². The molecule has 0 spiro atoms. The van der Waals surface area contributed by atoms with Gasteiger partial charge in [-0.3, -0.25) is 14.6 Å². The monoisotopic (exact) mass is 297 g/mol. The molecule has 0 aromatic rings. The fourth-order valence-corrected chi connectivity index (χ4v) is 3.40. The number of carbonyl (C=O) groups excluding carboxylic acids is 1. The van der Waals surface area contributed by atoms with Gasteiger partial charge in [-0.1, -0.05) is 25.7 Å². The van der Waals surface area contributed by atoms with Gasteiger partial charge in [-0.25, -0.2) is 0 Å². The highest BCUT2D eigenvalue weighted by atomic mass is 16.3. The molecular formula is C16H31N3O2. The van der Waals surface area contributed by atoms with Gasteiger partial charge in [0.05, 0.1) is 12.6 Å². The Morgan fingerprint density at radius 1 is 1.10 bits per heavy atom. The average molecular weight is 297 g/mol. The van der Waals surface area contributed by atoms with E-state index in [1.54, 1.807) is 0 Å². The zero-order valence-electron chi connectivity index (χ0n) is 13.4. The predicted molar refractivity (Wildman–Crippen MR) is 84.2 cm³/mol. The fourth-order valence-electron chi connectivity index (χ4n) is 3.40. The molecule has 0 aromatic carbocycles. The summed E-state index contributed by atoms with van der Waals surface area (Å²) in [6.07, 6.45) is 7.17. The van der Waals surface area contributed by atoms with Gasteiger partial charge in [0.15, 0.2) is 0 Å². The molecule has 1 amide bonds. The van der Waals surface area contributed by atoms with Crippen LogP contribution in [0.15, 0.2) is 0 Å². The van der Waals surface area contributed by atoms with Crippen LogP contribution in [0.2, 0.25) is 0 Å². The normalized spacial score (nSPS) is 24.5. The molecule has 0 unspecified atom stereocenters. The smallest absolute Gasteiger partial charge is 0.234 e. The van der Waals surface area contributed by atoms with Gasteiger partial charge in [0, 0.05) is 38.8 Å². The highest BCUT2D eigenvalue weighted by Crippen LogP contribution is 2.17. The predicted octanol–water partition coefficient (Wildman–Crippen LogP) is 0.824. The Balaban J connectivity index is 1.64. The van der Waals surface area contributed by atoms with Gasteiger partial charge in [-0.05, 0) is 19.8 Å². The molecule has 1 saturated carbocycles. The Labute approximate surface area is 128 Å². The molecule has 0 bridgehead atoms. The number of nitrogens with zero attached hydrogens (tertiary/aromatic N) is 2. The van der Waals surface area contributed by atoms with Crippen molar-refractivity contribution in [2.75, 3.05) is 39.3 Å². The van der Waals surface area contributed by atoms with Crippen LogP contribution >= 0.6 is 0 Å². The van der Waals surface area contributed by atoms with Crippen LogP contribution in [0.4, 0.5) is 0 Å². The third-order valence-electron chi connectivity index (χ3n) is 4.57. The molecule has 1 saturated heterocycles. The molecule has 2 N–H and O–H groups in total. The lowest BCUT2D eigenvalue weighted by molar-refractivity contribution is -0.123. The van der Waals surface area contributed by atoms with E-state index in [1.807, 2.05) is 6.92 Å². The Bertz CT molecular complexity index is 307. The van der Waals surface area contributed by atoms with Crippen LogP contribution in [0.1, 0.15) is 45.4 Å². The zero-order chi connectivity index (χ0) is 15.1. The Morgan fingerprint density at radius 2 is 1.67 bits per heavy atom. The van der Waals surface area contributed by atoms with Gasteiger partial charge < -0.3 is 10.4 Å². The quantitative estimate of drug-likeness (QED) is 0.738. The molecule has 122 valence electrons. The van der Waals surface area contributed by atoms with Crippen molar-refractivity contribution in [2.45, 2.75) is 57.6 Å². The molecule has 0 aromatic heterocycles. The number of aliphatic hydroxyl groups is 1. The second kappa shape index (κ2) is 8.71. The summed E-state index contributed by atoms with van der Waals surface area (Å²) in [7, 11) is 0. The SMILES string of the molecule is C[C@H](O)CN1CCN(CC(=O)NC2CCCCCC2)CC1. The number of β-amino-alcohol motifs (C(OH)–C–C–N with tert-alkyl or cyclic N) is 1. The van der Waals surface area contributed by atoms with Gasteiger partial charge in [0.25, 0.3) is 0 Å². The molecule has 1 atom stereocenters. The maximum Gasteiger partial charge on any atom is 0.234 e. The minimum atomic E-state index is -0.268. The number of piperazine rings is 1. The summed E-state index contributed by atoms with van der Waals surface area (Å²) in [5, 5.41) is 12.6. The summed E-state index contributed by atoms with van der Waals surface area (Å²) in [6, 6.07) is 0.400. The van der Waals surface area contributed by atoms with E-state index >= 15 is 0 Å². The van der Waals surface area contributed by atoms with E-state index in [2.05, 4.69) is 15.1 Å². The summed E-state index contributed by atoms with van der Waals surface area (Å²) in [5.41, 5.74) is 0. The number of rotatable bonds is 5. The minimum Gasteiger partial charge on any atom is -0.392 e. The van der Waals surface area contributed by atoms with E-state index in [0.717, 1.165) is 45.6 Å². The van der Waals surface area contributed by atoms with Crippen molar-refractivity contribution in [2.24, 2.45) is 0 Å². The number of carbonyl (C=O) groups is 1. The minimum absolute atomic E-state index is 0.186. The third kappa shape index (κ3) is 6.32. The molecule has 5 nitrogen and oxygen atoms in total. The van der Waals surface area contributed by atoms with Crippen LogP contribution in [0.3, 0.4) is 0 Å². The van der Waals surface area contributed by atoms with Gasteiger partial charge in [-0.2, -0.15) is 0 Å². The number of hydrogen-bond donors (Lipinski definition) is 2. The van der Waals surface area contributed by atoms with Gasteiger partial charge in [0.1, 0.15) is 0 Å². The van der Waals surface area contributed by atoms with Crippen molar-refractivity contribution >= 4 is 5.91 Å². The lowest BCUT2D eigenvalue weighted by Gasteiger charge is -2.35. The number of hydrogen-bond acceptors (Lipinski definition) is 4.